The molecule has 5 heteroatoms. The molecule has 0 aliphatic carbocycles. The van der Waals surface area contributed by atoms with E-state index in [2.05, 4.69) is 4.90 Å². The van der Waals surface area contributed by atoms with Crippen LogP contribution in [0.25, 0.3) is 0 Å². The van der Waals surface area contributed by atoms with Gasteiger partial charge in [-0.05, 0) is 24.4 Å². The van der Waals surface area contributed by atoms with E-state index in [1.54, 1.807) is 0 Å². The van der Waals surface area contributed by atoms with Gasteiger partial charge in [0.1, 0.15) is 0 Å². The molecule has 4 nitrogen and oxygen atoms in total. The highest BCUT2D eigenvalue weighted by molar-refractivity contribution is 7.12. The maximum atomic E-state index is 12.1. The lowest BCUT2D eigenvalue weighted by Gasteiger charge is -2.20. The Morgan fingerprint density at radius 2 is 2.24 bits per heavy atom. The molecule has 0 spiro atoms. The van der Waals surface area contributed by atoms with Crippen LogP contribution in [0, 0.1) is 0 Å². The van der Waals surface area contributed by atoms with Gasteiger partial charge < -0.3 is 10.0 Å². The van der Waals surface area contributed by atoms with Gasteiger partial charge in [-0.25, -0.2) is 0 Å². The average molecular weight is 254 g/mol. The van der Waals surface area contributed by atoms with Crippen LogP contribution in [0.4, 0.5) is 0 Å². The fraction of sp³-hybridized carbons (Fsp3) is 0.583. The Balaban J connectivity index is 1.92. The van der Waals surface area contributed by atoms with Gasteiger partial charge in [0.25, 0.3) is 5.91 Å². The van der Waals surface area contributed by atoms with Crippen molar-refractivity contribution in [2.24, 2.45) is 0 Å². The summed E-state index contributed by atoms with van der Waals surface area (Å²) in [6, 6.07) is 3.79. The summed E-state index contributed by atoms with van der Waals surface area (Å²) in [7, 11) is 0. The summed E-state index contributed by atoms with van der Waals surface area (Å²) in [6.07, 6.45) is 0.983. The smallest absolute Gasteiger partial charge is 0.263 e. The Bertz CT molecular complexity index is 353. The largest absolute Gasteiger partial charge is 0.395 e. The summed E-state index contributed by atoms with van der Waals surface area (Å²) in [5.74, 6) is 0.144. The number of rotatable bonds is 3. The molecule has 1 aliphatic rings. The highest BCUT2D eigenvalue weighted by Gasteiger charge is 2.20. The molecule has 1 aromatic rings. The molecule has 0 aromatic carbocycles. The van der Waals surface area contributed by atoms with Crippen molar-refractivity contribution < 1.29 is 9.90 Å². The first-order valence-electron chi connectivity index (χ1n) is 5.97. The lowest BCUT2D eigenvalue weighted by Crippen LogP contribution is -2.35. The summed E-state index contributed by atoms with van der Waals surface area (Å²) >= 11 is 1.50. The maximum absolute atomic E-state index is 12.1. The third-order valence-corrected chi connectivity index (χ3v) is 3.88. The SMILES string of the molecule is O=C(c1cccs1)N1CCCN(CCO)CC1. The highest BCUT2D eigenvalue weighted by Crippen LogP contribution is 2.13. The van der Waals surface area contributed by atoms with Crippen molar-refractivity contribution in [3.63, 3.8) is 0 Å². The lowest BCUT2D eigenvalue weighted by atomic mass is 10.3. The molecule has 1 aliphatic heterocycles. The number of carbonyl (C=O) groups is 1. The molecule has 1 aromatic heterocycles. The fourth-order valence-electron chi connectivity index (χ4n) is 2.10. The third-order valence-electron chi connectivity index (χ3n) is 3.02. The van der Waals surface area contributed by atoms with Crippen LogP contribution in [0.2, 0.25) is 0 Å². The van der Waals surface area contributed by atoms with Crippen LogP contribution in [-0.2, 0) is 0 Å². The monoisotopic (exact) mass is 254 g/mol. The zero-order chi connectivity index (χ0) is 12.1. The number of hydrogen-bond acceptors (Lipinski definition) is 4. The van der Waals surface area contributed by atoms with Crippen LogP contribution >= 0.6 is 11.3 Å². The van der Waals surface area contributed by atoms with Gasteiger partial charge in [0, 0.05) is 26.2 Å². The number of carbonyl (C=O) groups excluding carboxylic acids is 1. The van der Waals surface area contributed by atoms with Crippen LogP contribution in [0.3, 0.4) is 0 Å². The van der Waals surface area contributed by atoms with Gasteiger partial charge in [-0.3, -0.25) is 9.69 Å². The van der Waals surface area contributed by atoms with Crippen LogP contribution in [0.15, 0.2) is 17.5 Å². The predicted octanol–water partition coefficient (Wildman–Crippen LogP) is 0.888. The number of aliphatic hydroxyl groups excluding tert-OH is 1. The van der Waals surface area contributed by atoms with Crippen molar-refractivity contribution in [2.75, 3.05) is 39.3 Å². The molecule has 94 valence electrons. The van der Waals surface area contributed by atoms with Gasteiger partial charge in [0.2, 0.25) is 0 Å². The summed E-state index contributed by atoms with van der Waals surface area (Å²) in [6.45, 7) is 4.31. The van der Waals surface area contributed by atoms with Crippen molar-refractivity contribution in [3.05, 3.63) is 22.4 Å². The second kappa shape index (κ2) is 6.14. The Morgan fingerprint density at radius 1 is 1.35 bits per heavy atom. The van der Waals surface area contributed by atoms with E-state index in [0.29, 0.717) is 6.54 Å². The Labute approximate surface area is 105 Å². The molecule has 0 unspecified atom stereocenters. The molecule has 1 amide bonds. The number of aliphatic hydroxyl groups is 1. The number of amides is 1. The molecule has 2 heterocycles. The quantitative estimate of drug-likeness (QED) is 0.871. The maximum Gasteiger partial charge on any atom is 0.263 e. The van der Waals surface area contributed by atoms with E-state index in [0.717, 1.165) is 37.5 Å². The van der Waals surface area contributed by atoms with Gasteiger partial charge >= 0.3 is 0 Å². The minimum Gasteiger partial charge on any atom is -0.395 e. The van der Waals surface area contributed by atoms with Crippen molar-refractivity contribution in [1.29, 1.82) is 0 Å². The summed E-state index contributed by atoms with van der Waals surface area (Å²) in [5, 5.41) is 10.8. The van der Waals surface area contributed by atoms with Crippen molar-refractivity contribution in [3.8, 4) is 0 Å². The molecule has 1 fully saturated rings. The van der Waals surface area contributed by atoms with Gasteiger partial charge in [0.15, 0.2) is 0 Å². The van der Waals surface area contributed by atoms with Crippen LogP contribution < -0.4 is 0 Å². The number of thiophene rings is 1. The standard InChI is InChI=1S/C12H18N2O2S/c15-9-8-13-4-2-5-14(7-6-13)12(16)11-3-1-10-17-11/h1,3,10,15H,2,4-9H2. The zero-order valence-electron chi connectivity index (χ0n) is 9.84. The summed E-state index contributed by atoms with van der Waals surface area (Å²) < 4.78 is 0. The van der Waals surface area contributed by atoms with Crippen molar-refractivity contribution in [2.45, 2.75) is 6.42 Å². The van der Waals surface area contributed by atoms with E-state index in [1.807, 2.05) is 22.4 Å². The number of hydrogen-bond donors (Lipinski definition) is 1. The van der Waals surface area contributed by atoms with E-state index in [1.165, 1.54) is 11.3 Å². The second-order valence-electron chi connectivity index (χ2n) is 4.19. The summed E-state index contributed by atoms with van der Waals surface area (Å²) in [5.41, 5.74) is 0. The minimum absolute atomic E-state index is 0.144. The van der Waals surface area contributed by atoms with E-state index < -0.39 is 0 Å². The van der Waals surface area contributed by atoms with Crippen LogP contribution in [-0.4, -0.2) is 60.1 Å². The third kappa shape index (κ3) is 3.28. The van der Waals surface area contributed by atoms with Crippen LogP contribution in [0.5, 0.6) is 0 Å². The Morgan fingerprint density at radius 3 is 2.94 bits per heavy atom. The highest BCUT2D eigenvalue weighted by atomic mass is 32.1. The van der Waals surface area contributed by atoms with Gasteiger partial charge in [-0.1, -0.05) is 6.07 Å². The van der Waals surface area contributed by atoms with E-state index in [4.69, 9.17) is 5.11 Å². The van der Waals surface area contributed by atoms with Crippen molar-refractivity contribution in [1.82, 2.24) is 9.80 Å². The van der Waals surface area contributed by atoms with Crippen LogP contribution in [0.1, 0.15) is 16.1 Å². The van der Waals surface area contributed by atoms with Crippen molar-refractivity contribution >= 4 is 17.2 Å². The molecule has 0 radical (unpaired) electrons. The van der Waals surface area contributed by atoms with Gasteiger partial charge in [-0.15, -0.1) is 11.3 Å². The molecular formula is C12H18N2O2S. The molecule has 2 rings (SSSR count). The lowest BCUT2D eigenvalue weighted by molar-refractivity contribution is 0.0765. The first-order chi connectivity index (χ1) is 8.31. The first kappa shape index (κ1) is 12.5. The molecule has 1 saturated heterocycles. The zero-order valence-corrected chi connectivity index (χ0v) is 10.7. The average Bonchev–Trinajstić information content (AvgIpc) is 2.76. The molecule has 17 heavy (non-hydrogen) atoms. The normalized spacial score (nSPS) is 18.1. The number of nitrogens with zero attached hydrogens (tertiary/aromatic N) is 2. The molecule has 0 bridgehead atoms. The van der Waals surface area contributed by atoms with E-state index in [9.17, 15) is 4.79 Å². The fourth-order valence-corrected chi connectivity index (χ4v) is 2.79. The number of β-amino-alcohol motifs (C(OH)–C–C–N with tert-alkyl or cyclic N) is 1. The molecular weight excluding hydrogens is 236 g/mol. The van der Waals surface area contributed by atoms with E-state index >= 15 is 0 Å². The second-order valence-corrected chi connectivity index (χ2v) is 5.14. The molecule has 0 atom stereocenters. The van der Waals surface area contributed by atoms with Gasteiger partial charge in [-0.2, -0.15) is 0 Å². The minimum atomic E-state index is 0.144. The summed E-state index contributed by atoms with van der Waals surface area (Å²) in [4.78, 5) is 17.1. The van der Waals surface area contributed by atoms with Gasteiger partial charge in [0.05, 0.1) is 11.5 Å². The first-order valence-corrected chi connectivity index (χ1v) is 6.85. The Kier molecular flexibility index (Phi) is 4.53. The topological polar surface area (TPSA) is 43.8 Å². The van der Waals surface area contributed by atoms with E-state index in [-0.39, 0.29) is 12.5 Å². The molecule has 0 saturated carbocycles. The predicted molar refractivity (Wildman–Crippen MR) is 68.4 cm³/mol. The Hall–Kier alpha value is -0.910. The molecule has 1 N–H and O–H groups in total.